The van der Waals surface area contributed by atoms with E-state index < -0.39 is 12.0 Å². The van der Waals surface area contributed by atoms with Gasteiger partial charge in [0.05, 0.1) is 11.5 Å². The van der Waals surface area contributed by atoms with Gasteiger partial charge in [0.2, 0.25) is 5.95 Å². The van der Waals surface area contributed by atoms with Crippen molar-refractivity contribution in [3.8, 4) is 0 Å². The number of aromatic nitrogens is 3. The molecule has 3 unspecified atom stereocenters. The van der Waals surface area contributed by atoms with Crippen LogP contribution in [0.2, 0.25) is 0 Å². The van der Waals surface area contributed by atoms with E-state index in [0.717, 1.165) is 12.8 Å². The van der Waals surface area contributed by atoms with E-state index in [1.54, 1.807) is 16.8 Å². The molecule has 0 saturated carbocycles. The monoisotopic (exact) mass is 349 g/mol. The quantitative estimate of drug-likeness (QED) is 0.668. The standard InChI is InChI=1S/C16H23N5O4/c1-8(2)12(17)15(23)24-7-9-3-4-11(25-9)21-6-5-10-13(21)19-16(18)20-14(10)22/h5-6,8-9,11-12H,3-4,7,17H2,1-2H3,(H3,18,19,20,22). The fourth-order valence-electron chi connectivity index (χ4n) is 2.85. The summed E-state index contributed by atoms with van der Waals surface area (Å²) in [5.74, 6) is -0.344. The number of hydrogen-bond acceptors (Lipinski definition) is 7. The zero-order chi connectivity index (χ0) is 18.1. The highest BCUT2D eigenvalue weighted by Crippen LogP contribution is 2.30. The van der Waals surface area contributed by atoms with Crippen LogP contribution in [0.25, 0.3) is 11.0 Å². The van der Waals surface area contributed by atoms with Gasteiger partial charge in [0.1, 0.15) is 18.9 Å². The van der Waals surface area contributed by atoms with Crippen LogP contribution in [0.4, 0.5) is 5.95 Å². The molecule has 136 valence electrons. The van der Waals surface area contributed by atoms with Gasteiger partial charge >= 0.3 is 5.97 Å². The van der Waals surface area contributed by atoms with Crippen molar-refractivity contribution in [2.24, 2.45) is 11.7 Å². The second kappa shape index (κ2) is 6.85. The molecule has 3 heterocycles. The second-order valence-electron chi connectivity index (χ2n) is 6.60. The number of nitrogens with zero attached hydrogens (tertiary/aromatic N) is 2. The van der Waals surface area contributed by atoms with Crippen molar-refractivity contribution in [3.63, 3.8) is 0 Å². The van der Waals surface area contributed by atoms with E-state index in [-0.39, 0.29) is 36.4 Å². The van der Waals surface area contributed by atoms with Gasteiger partial charge in [-0.3, -0.25) is 14.6 Å². The molecule has 25 heavy (non-hydrogen) atoms. The van der Waals surface area contributed by atoms with Crippen molar-refractivity contribution in [1.29, 1.82) is 0 Å². The van der Waals surface area contributed by atoms with Crippen LogP contribution >= 0.6 is 0 Å². The molecule has 0 aliphatic carbocycles. The van der Waals surface area contributed by atoms with Crippen molar-refractivity contribution in [1.82, 2.24) is 14.5 Å². The van der Waals surface area contributed by atoms with Crippen molar-refractivity contribution in [3.05, 3.63) is 22.6 Å². The topological polar surface area (TPSA) is 138 Å². The Hall–Kier alpha value is -2.39. The van der Waals surface area contributed by atoms with E-state index in [4.69, 9.17) is 20.9 Å². The van der Waals surface area contributed by atoms with Crippen LogP contribution < -0.4 is 17.0 Å². The SMILES string of the molecule is CC(C)C(N)C(=O)OCC1CCC(n2ccc3c(=O)[nH]c(N)nc32)O1. The summed E-state index contributed by atoms with van der Waals surface area (Å²) in [6.07, 6.45) is 2.70. The fraction of sp³-hybridized carbons (Fsp3) is 0.562. The Morgan fingerprint density at radius 1 is 1.52 bits per heavy atom. The van der Waals surface area contributed by atoms with Crippen molar-refractivity contribution >= 4 is 23.0 Å². The maximum atomic E-state index is 11.9. The van der Waals surface area contributed by atoms with Crippen molar-refractivity contribution in [2.75, 3.05) is 12.3 Å². The highest BCUT2D eigenvalue weighted by Gasteiger charge is 2.29. The maximum Gasteiger partial charge on any atom is 0.323 e. The number of aromatic amines is 1. The van der Waals surface area contributed by atoms with Gasteiger partial charge in [0, 0.05) is 6.20 Å². The highest BCUT2D eigenvalue weighted by molar-refractivity contribution is 5.76. The normalized spacial score (nSPS) is 21.8. The number of nitrogen functional groups attached to an aromatic ring is 1. The molecule has 1 saturated heterocycles. The molecule has 1 aliphatic rings. The number of ether oxygens (including phenoxy) is 2. The maximum absolute atomic E-state index is 11.9. The Morgan fingerprint density at radius 3 is 3.00 bits per heavy atom. The number of H-pyrrole nitrogens is 1. The summed E-state index contributed by atoms with van der Waals surface area (Å²) in [4.78, 5) is 30.4. The average Bonchev–Trinajstić information content (AvgIpc) is 3.18. The van der Waals surface area contributed by atoms with E-state index in [1.165, 1.54) is 0 Å². The number of esters is 1. The lowest BCUT2D eigenvalue weighted by Crippen LogP contribution is -2.38. The minimum atomic E-state index is -0.635. The molecule has 0 radical (unpaired) electrons. The molecule has 5 N–H and O–H groups in total. The van der Waals surface area contributed by atoms with Gasteiger partial charge in [-0.15, -0.1) is 0 Å². The Kier molecular flexibility index (Phi) is 4.78. The van der Waals surface area contributed by atoms with Gasteiger partial charge < -0.3 is 25.5 Å². The van der Waals surface area contributed by atoms with Crippen LogP contribution in [0, 0.1) is 5.92 Å². The Morgan fingerprint density at radius 2 is 2.28 bits per heavy atom. The first kappa shape index (κ1) is 17.4. The van der Waals surface area contributed by atoms with Gasteiger partial charge in [-0.05, 0) is 24.8 Å². The van der Waals surface area contributed by atoms with Crippen LogP contribution in [0.3, 0.4) is 0 Å². The molecule has 0 spiro atoms. The summed E-state index contributed by atoms with van der Waals surface area (Å²) in [5, 5.41) is 0.454. The summed E-state index contributed by atoms with van der Waals surface area (Å²) in [6.45, 7) is 3.89. The van der Waals surface area contributed by atoms with Crippen LogP contribution in [-0.4, -0.2) is 39.3 Å². The number of carbonyl (C=O) groups is 1. The first-order valence-electron chi connectivity index (χ1n) is 8.31. The highest BCUT2D eigenvalue weighted by atomic mass is 16.6. The zero-order valence-corrected chi connectivity index (χ0v) is 14.3. The third kappa shape index (κ3) is 3.52. The number of rotatable bonds is 5. The molecule has 0 bridgehead atoms. The predicted octanol–water partition coefficient (Wildman–Crippen LogP) is 0.511. The molecule has 0 amide bonds. The molecule has 9 heteroatoms. The predicted molar refractivity (Wildman–Crippen MR) is 91.7 cm³/mol. The molecular formula is C16H23N5O4. The van der Waals surface area contributed by atoms with Crippen molar-refractivity contribution < 1.29 is 14.3 Å². The molecule has 0 aromatic carbocycles. The lowest BCUT2D eigenvalue weighted by molar-refractivity contribution is -0.151. The Balaban J connectivity index is 1.66. The number of anilines is 1. The minimum absolute atomic E-state index is 0.0191. The van der Waals surface area contributed by atoms with Gasteiger partial charge in [0.15, 0.2) is 5.65 Å². The fourth-order valence-corrected chi connectivity index (χ4v) is 2.85. The Labute approximate surface area is 144 Å². The zero-order valence-electron chi connectivity index (χ0n) is 14.3. The summed E-state index contributed by atoms with van der Waals surface area (Å²) >= 11 is 0. The molecule has 2 aromatic heterocycles. The summed E-state index contributed by atoms with van der Waals surface area (Å²) < 4.78 is 13.0. The van der Waals surface area contributed by atoms with Gasteiger partial charge in [-0.1, -0.05) is 13.8 Å². The summed E-state index contributed by atoms with van der Waals surface area (Å²) in [7, 11) is 0. The number of fused-ring (bicyclic) bond motifs is 1. The van der Waals surface area contributed by atoms with Crippen LogP contribution in [-0.2, 0) is 14.3 Å². The molecule has 2 aromatic rings. The van der Waals surface area contributed by atoms with E-state index >= 15 is 0 Å². The first-order chi connectivity index (χ1) is 11.9. The molecule has 3 atom stereocenters. The van der Waals surface area contributed by atoms with E-state index in [2.05, 4.69) is 9.97 Å². The lowest BCUT2D eigenvalue weighted by Gasteiger charge is -2.18. The molecular weight excluding hydrogens is 326 g/mol. The first-order valence-corrected chi connectivity index (χ1v) is 8.31. The van der Waals surface area contributed by atoms with E-state index in [1.807, 2.05) is 13.8 Å². The smallest absolute Gasteiger partial charge is 0.323 e. The third-order valence-electron chi connectivity index (χ3n) is 4.40. The van der Waals surface area contributed by atoms with Crippen LogP contribution in [0.15, 0.2) is 17.1 Å². The largest absolute Gasteiger partial charge is 0.462 e. The summed E-state index contributed by atoms with van der Waals surface area (Å²) in [5.41, 5.74) is 11.6. The van der Waals surface area contributed by atoms with Crippen LogP contribution in [0.5, 0.6) is 0 Å². The number of nitrogens with two attached hydrogens (primary N) is 2. The number of nitrogens with one attached hydrogen (secondary N) is 1. The molecule has 3 rings (SSSR count). The van der Waals surface area contributed by atoms with Crippen LogP contribution in [0.1, 0.15) is 32.9 Å². The van der Waals surface area contributed by atoms with Gasteiger partial charge in [-0.25, -0.2) is 0 Å². The molecule has 1 fully saturated rings. The molecule has 9 nitrogen and oxygen atoms in total. The van der Waals surface area contributed by atoms with E-state index in [0.29, 0.717) is 11.0 Å². The number of hydrogen-bond donors (Lipinski definition) is 3. The molecule has 1 aliphatic heterocycles. The van der Waals surface area contributed by atoms with Gasteiger partial charge in [0.25, 0.3) is 5.56 Å². The minimum Gasteiger partial charge on any atom is -0.462 e. The summed E-state index contributed by atoms with van der Waals surface area (Å²) in [6, 6.07) is 1.04. The lowest BCUT2D eigenvalue weighted by atomic mass is 10.1. The number of carbonyl (C=O) groups excluding carboxylic acids is 1. The van der Waals surface area contributed by atoms with Gasteiger partial charge in [-0.2, -0.15) is 4.98 Å². The van der Waals surface area contributed by atoms with E-state index in [9.17, 15) is 9.59 Å². The Bertz CT molecular complexity index is 828. The average molecular weight is 349 g/mol. The van der Waals surface area contributed by atoms with Crippen molar-refractivity contribution in [2.45, 2.75) is 45.1 Å². The third-order valence-corrected chi connectivity index (χ3v) is 4.40. The second-order valence-corrected chi connectivity index (χ2v) is 6.60.